The lowest BCUT2D eigenvalue weighted by atomic mass is 9.91. The van der Waals surface area contributed by atoms with Crippen molar-refractivity contribution in [2.45, 2.75) is 45.1 Å². The molecule has 0 saturated carbocycles. The minimum atomic E-state index is -0.913. The van der Waals surface area contributed by atoms with Gasteiger partial charge < -0.3 is 15.3 Å². The van der Waals surface area contributed by atoms with E-state index in [1.807, 2.05) is 20.8 Å². The summed E-state index contributed by atoms with van der Waals surface area (Å²) in [6.45, 7) is 8.04. The molecule has 0 amide bonds. The summed E-state index contributed by atoms with van der Waals surface area (Å²) in [6, 6.07) is 3.78. The van der Waals surface area contributed by atoms with Crippen molar-refractivity contribution in [1.82, 2.24) is 9.88 Å². The van der Waals surface area contributed by atoms with Crippen LogP contribution in [0, 0.1) is 0 Å². The van der Waals surface area contributed by atoms with Crippen molar-refractivity contribution < 1.29 is 9.90 Å². The van der Waals surface area contributed by atoms with Crippen molar-refractivity contribution >= 4 is 11.8 Å². The van der Waals surface area contributed by atoms with Gasteiger partial charge in [-0.3, -0.25) is 0 Å². The van der Waals surface area contributed by atoms with Crippen LogP contribution >= 0.6 is 0 Å². The average Bonchev–Trinajstić information content (AvgIpc) is 2.80. The molecule has 2 heterocycles. The summed E-state index contributed by atoms with van der Waals surface area (Å²) in [4.78, 5) is 18.2. The number of likely N-dealkylation sites (tertiary alicyclic amines) is 1. The minimum absolute atomic E-state index is 0.175. The summed E-state index contributed by atoms with van der Waals surface area (Å²) in [5.74, 6) is -0.260. The number of aromatic nitrogens is 1. The molecule has 1 aliphatic heterocycles. The molecule has 21 heavy (non-hydrogen) atoms. The van der Waals surface area contributed by atoms with E-state index in [2.05, 4.69) is 22.2 Å². The van der Waals surface area contributed by atoms with E-state index in [-0.39, 0.29) is 11.0 Å². The summed E-state index contributed by atoms with van der Waals surface area (Å²) in [5, 5.41) is 12.6. The Balaban J connectivity index is 2.18. The first-order chi connectivity index (χ1) is 9.77. The van der Waals surface area contributed by atoms with Gasteiger partial charge in [0.1, 0.15) is 5.82 Å². The first-order valence-electron chi connectivity index (χ1n) is 7.47. The third kappa shape index (κ3) is 3.94. The molecule has 0 bridgehead atoms. The summed E-state index contributed by atoms with van der Waals surface area (Å²) >= 11 is 0. The van der Waals surface area contributed by atoms with Gasteiger partial charge in [0.15, 0.2) is 0 Å². The van der Waals surface area contributed by atoms with Crippen LogP contribution in [0.1, 0.15) is 49.7 Å². The number of likely N-dealkylation sites (N-methyl/N-ethyl adjacent to an activating group) is 1. The number of nitrogens with zero attached hydrogens (tertiary/aromatic N) is 2. The smallest absolute Gasteiger partial charge is 0.335 e. The fourth-order valence-corrected chi connectivity index (χ4v) is 2.59. The van der Waals surface area contributed by atoms with Gasteiger partial charge in [0.2, 0.25) is 0 Å². The Labute approximate surface area is 126 Å². The van der Waals surface area contributed by atoms with Gasteiger partial charge in [-0.05, 0) is 38.6 Å². The van der Waals surface area contributed by atoms with E-state index in [0.29, 0.717) is 11.9 Å². The molecule has 0 aromatic carbocycles. The Kier molecular flexibility index (Phi) is 4.52. The van der Waals surface area contributed by atoms with E-state index in [0.717, 1.165) is 18.8 Å². The molecule has 5 heteroatoms. The molecule has 1 atom stereocenters. The van der Waals surface area contributed by atoms with E-state index in [9.17, 15) is 9.90 Å². The molecule has 116 valence electrons. The SMILES string of the molecule is CN1CCCC1CNc1cc(C(=O)O)cc(C(C)(C)C)n1. The largest absolute Gasteiger partial charge is 0.478 e. The third-order valence-corrected chi connectivity index (χ3v) is 4.03. The monoisotopic (exact) mass is 291 g/mol. The zero-order valence-corrected chi connectivity index (χ0v) is 13.3. The first kappa shape index (κ1) is 15.8. The number of carbonyl (C=O) groups is 1. The highest BCUT2D eigenvalue weighted by Crippen LogP contribution is 2.24. The molecule has 1 saturated heterocycles. The first-order valence-corrected chi connectivity index (χ1v) is 7.47. The number of hydrogen-bond acceptors (Lipinski definition) is 4. The molecule has 1 fully saturated rings. The second-order valence-electron chi connectivity index (χ2n) is 6.84. The van der Waals surface area contributed by atoms with Crippen molar-refractivity contribution in [2.24, 2.45) is 0 Å². The number of anilines is 1. The molecule has 0 spiro atoms. The van der Waals surface area contributed by atoms with E-state index in [4.69, 9.17) is 0 Å². The highest BCUT2D eigenvalue weighted by molar-refractivity contribution is 5.88. The topological polar surface area (TPSA) is 65.5 Å². The van der Waals surface area contributed by atoms with Gasteiger partial charge in [-0.25, -0.2) is 9.78 Å². The van der Waals surface area contributed by atoms with E-state index < -0.39 is 5.97 Å². The highest BCUT2D eigenvalue weighted by atomic mass is 16.4. The van der Waals surface area contributed by atoms with Gasteiger partial charge in [-0.15, -0.1) is 0 Å². The third-order valence-electron chi connectivity index (χ3n) is 4.03. The number of nitrogens with one attached hydrogen (secondary N) is 1. The van der Waals surface area contributed by atoms with Crippen molar-refractivity contribution in [3.05, 3.63) is 23.4 Å². The molecular formula is C16H25N3O2. The fourth-order valence-electron chi connectivity index (χ4n) is 2.59. The molecule has 1 unspecified atom stereocenters. The number of carboxylic acids is 1. The zero-order chi connectivity index (χ0) is 15.6. The Morgan fingerprint density at radius 3 is 2.71 bits per heavy atom. The zero-order valence-electron chi connectivity index (χ0n) is 13.3. The molecule has 1 aliphatic rings. The normalized spacial score (nSPS) is 19.7. The summed E-state index contributed by atoms with van der Waals surface area (Å²) in [5.41, 5.74) is 0.911. The lowest BCUT2D eigenvalue weighted by Gasteiger charge is -2.22. The quantitative estimate of drug-likeness (QED) is 0.892. The average molecular weight is 291 g/mol. The number of rotatable bonds is 4. The Morgan fingerprint density at radius 1 is 1.48 bits per heavy atom. The van der Waals surface area contributed by atoms with E-state index in [1.165, 1.54) is 12.8 Å². The number of carboxylic acid groups (broad SMARTS) is 1. The van der Waals surface area contributed by atoms with Gasteiger partial charge in [-0.2, -0.15) is 0 Å². The second-order valence-corrected chi connectivity index (χ2v) is 6.84. The highest BCUT2D eigenvalue weighted by Gasteiger charge is 2.22. The van der Waals surface area contributed by atoms with Gasteiger partial charge in [-0.1, -0.05) is 20.8 Å². The number of hydrogen-bond donors (Lipinski definition) is 2. The van der Waals surface area contributed by atoms with E-state index in [1.54, 1.807) is 12.1 Å². The van der Waals surface area contributed by atoms with Gasteiger partial charge in [0.25, 0.3) is 0 Å². The summed E-state index contributed by atoms with van der Waals surface area (Å²) < 4.78 is 0. The standard InChI is InChI=1S/C16H25N3O2/c1-16(2,3)13-8-11(15(20)21)9-14(18-13)17-10-12-6-5-7-19(12)4/h8-9,12H,5-7,10H2,1-4H3,(H,17,18)(H,20,21). The molecule has 5 nitrogen and oxygen atoms in total. The van der Waals surface area contributed by atoms with Crippen molar-refractivity contribution in [2.75, 3.05) is 25.5 Å². The Hall–Kier alpha value is -1.62. The van der Waals surface area contributed by atoms with Gasteiger partial charge in [0.05, 0.1) is 5.56 Å². The number of pyridine rings is 1. The molecule has 1 aromatic rings. The molecule has 0 radical (unpaired) electrons. The molecular weight excluding hydrogens is 266 g/mol. The lowest BCUT2D eigenvalue weighted by molar-refractivity contribution is 0.0696. The maximum atomic E-state index is 11.3. The maximum absolute atomic E-state index is 11.3. The van der Waals surface area contributed by atoms with E-state index >= 15 is 0 Å². The Bertz CT molecular complexity index is 523. The molecule has 0 aliphatic carbocycles. The van der Waals surface area contributed by atoms with Crippen LogP contribution in [0.5, 0.6) is 0 Å². The van der Waals surface area contributed by atoms with Crippen LogP contribution < -0.4 is 5.32 Å². The van der Waals surface area contributed by atoms with Crippen molar-refractivity contribution in [3.8, 4) is 0 Å². The summed E-state index contributed by atoms with van der Waals surface area (Å²) in [7, 11) is 2.13. The van der Waals surface area contributed by atoms with Crippen LogP contribution in [-0.2, 0) is 5.41 Å². The summed E-state index contributed by atoms with van der Waals surface area (Å²) in [6.07, 6.45) is 2.40. The Morgan fingerprint density at radius 2 is 2.19 bits per heavy atom. The van der Waals surface area contributed by atoms with Crippen molar-refractivity contribution in [3.63, 3.8) is 0 Å². The van der Waals surface area contributed by atoms with Gasteiger partial charge >= 0.3 is 5.97 Å². The molecule has 2 rings (SSSR count). The minimum Gasteiger partial charge on any atom is -0.478 e. The predicted octanol–water partition coefficient (Wildman–Crippen LogP) is 2.58. The maximum Gasteiger partial charge on any atom is 0.335 e. The van der Waals surface area contributed by atoms with Crippen LogP contribution in [-0.4, -0.2) is 47.1 Å². The second kappa shape index (κ2) is 6.02. The van der Waals surface area contributed by atoms with Crippen LogP contribution in [0.2, 0.25) is 0 Å². The van der Waals surface area contributed by atoms with Crippen LogP contribution in [0.3, 0.4) is 0 Å². The predicted molar refractivity (Wildman–Crippen MR) is 84.0 cm³/mol. The molecule has 1 aromatic heterocycles. The lowest BCUT2D eigenvalue weighted by Crippen LogP contribution is -2.32. The fraction of sp³-hybridized carbons (Fsp3) is 0.625. The molecule has 2 N–H and O–H groups in total. The number of aromatic carboxylic acids is 1. The van der Waals surface area contributed by atoms with Crippen LogP contribution in [0.4, 0.5) is 5.82 Å². The van der Waals surface area contributed by atoms with Crippen molar-refractivity contribution in [1.29, 1.82) is 0 Å². The van der Waals surface area contributed by atoms with Crippen LogP contribution in [0.25, 0.3) is 0 Å². The van der Waals surface area contributed by atoms with Crippen LogP contribution in [0.15, 0.2) is 12.1 Å². The van der Waals surface area contributed by atoms with Gasteiger partial charge in [0, 0.05) is 23.7 Å².